The van der Waals surface area contributed by atoms with E-state index in [1.165, 1.54) is 17.0 Å². The van der Waals surface area contributed by atoms with E-state index in [4.69, 9.17) is 5.73 Å². The summed E-state index contributed by atoms with van der Waals surface area (Å²) in [5, 5.41) is 3.57. The first-order chi connectivity index (χ1) is 7.29. The number of amides is 1. The van der Waals surface area contributed by atoms with Gasteiger partial charge in [0.25, 0.3) is 0 Å². The summed E-state index contributed by atoms with van der Waals surface area (Å²) in [7, 11) is 0. The Bertz CT molecular complexity index is 340. The van der Waals surface area contributed by atoms with Crippen molar-refractivity contribution in [3.8, 4) is 0 Å². The summed E-state index contributed by atoms with van der Waals surface area (Å²) in [5.41, 5.74) is 6.51. The summed E-state index contributed by atoms with van der Waals surface area (Å²) in [5.74, 6) is 0.0212. The number of nitrogens with one attached hydrogen (secondary N) is 1. The molecule has 0 radical (unpaired) electrons. The lowest BCUT2D eigenvalue weighted by Crippen LogP contribution is -2.13. The molecule has 1 aliphatic rings. The molecule has 1 aromatic heterocycles. The number of rotatable bonds is 4. The first-order valence-electron chi connectivity index (χ1n) is 5.28. The molecule has 0 atom stereocenters. The fourth-order valence-electron chi connectivity index (χ4n) is 1.69. The third-order valence-electron chi connectivity index (χ3n) is 2.45. The molecule has 0 aromatic carbocycles. The highest BCUT2D eigenvalue weighted by Gasteiger charge is 2.17. The molecule has 0 aliphatic heterocycles. The molecule has 4 nitrogen and oxygen atoms in total. The van der Waals surface area contributed by atoms with Gasteiger partial charge >= 0.3 is 0 Å². The van der Waals surface area contributed by atoms with E-state index < -0.39 is 0 Å². The van der Waals surface area contributed by atoms with Crippen LogP contribution >= 0.6 is 11.3 Å². The Morgan fingerprint density at radius 1 is 1.53 bits per heavy atom. The molecule has 0 unspecified atom stereocenters. The molecule has 2 rings (SSSR count). The van der Waals surface area contributed by atoms with Crippen LogP contribution in [-0.2, 0) is 17.6 Å². The zero-order chi connectivity index (χ0) is 10.7. The summed E-state index contributed by atoms with van der Waals surface area (Å²) in [4.78, 5) is 17.1. The average Bonchev–Trinajstić information content (AvgIpc) is 2.74. The van der Waals surface area contributed by atoms with Crippen molar-refractivity contribution in [2.45, 2.75) is 32.1 Å². The third-order valence-corrected chi connectivity index (χ3v) is 3.52. The Labute approximate surface area is 92.9 Å². The molecule has 0 spiro atoms. The normalized spacial score (nSPS) is 13.9. The van der Waals surface area contributed by atoms with Crippen molar-refractivity contribution in [3.05, 3.63) is 10.6 Å². The van der Waals surface area contributed by atoms with Gasteiger partial charge in [-0.1, -0.05) is 0 Å². The molecule has 5 heteroatoms. The maximum absolute atomic E-state index is 11.4. The number of nitrogens with zero attached hydrogens (tertiary/aromatic N) is 1. The van der Waals surface area contributed by atoms with E-state index in [9.17, 15) is 4.79 Å². The summed E-state index contributed by atoms with van der Waals surface area (Å²) < 4.78 is 0. The van der Waals surface area contributed by atoms with Gasteiger partial charge in [0, 0.05) is 11.3 Å². The minimum Gasteiger partial charge on any atom is -0.330 e. The van der Waals surface area contributed by atoms with Crippen molar-refractivity contribution in [1.29, 1.82) is 0 Å². The van der Waals surface area contributed by atoms with Crippen LogP contribution in [0.1, 0.15) is 29.8 Å². The Hall–Kier alpha value is -0.940. The molecular formula is C10H15N3OS. The van der Waals surface area contributed by atoms with Gasteiger partial charge in [-0.3, -0.25) is 4.79 Å². The van der Waals surface area contributed by atoms with E-state index in [1.54, 1.807) is 11.3 Å². The van der Waals surface area contributed by atoms with Gasteiger partial charge in [0.1, 0.15) is 0 Å². The fourth-order valence-corrected chi connectivity index (χ4v) is 2.75. The van der Waals surface area contributed by atoms with Crippen LogP contribution in [0.15, 0.2) is 0 Å². The highest BCUT2D eigenvalue weighted by Crippen LogP contribution is 2.30. The van der Waals surface area contributed by atoms with Gasteiger partial charge in [-0.05, 0) is 32.2 Å². The van der Waals surface area contributed by atoms with Crippen molar-refractivity contribution in [2.24, 2.45) is 5.73 Å². The molecule has 1 amide bonds. The van der Waals surface area contributed by atoms with E-state index in [-0.39, 0.29) is 5.91 Å². The van der Waals surface area contributed by atoms with E-state index in [2.05, 4.69) is 10.3 Å². The number of aryl methyl sites for hydroxylation is 2. The molecular weight excluding hydrogens is 210 g/mol. The average molecular weight is 225 g/mol. The van der Waals surface area contributed by atoms with Crippen LogP contribution in [0.3, 0.4) is 0 Å². The molecule has 82 valence electrons. The van der Waals surface area contributed by atoms with Gasteiger partial charge < -0.3 is 11.1 Å². The first kappa shape index (κ1) is 10.6. The number of nitrogens with two attached hydrogens (primary N) is 1. The van der Waals surface area contributed by atoms with E-state index in [0.717, 1.165) is 24.4 Å². The summed E-state index contributed by atoms with van der Waals surface area (Å²) in [6, 6.07) is 0. The third kappa shape index (κ3) is 2.54. The summed E-state index contributed by atoms with van der Waals surface area (Å²) in [6.07, 6.45) is 4.60. The van der Waals surface area contributed by atoms with E-state index >= 15 is 0 Å². The SMILES string of the molecule is NCCCC(=O)Nc1nc2c(s1)CCC2. The number of carbonyl (C=O) groups excluding carboxylic acids is 1. The molecule has 0 saturated heterocycles. The molecule has 1 aromatic rings. The quantitative estimate of drug-likeness (QED) is 0.811. The number of anilines is 1. The smallest absolute Gasteiger partial charge is 0.226 e. The fraction of sp³-hybridized carbons (Fsp3) is 0.600. The second-order valence-corrected chi connectivity index (χ2v) is 4.77. The van der Waals surface area contributed by atoms with Gasteiger partial charge in [0.05, 0.1) is 5.69 Å². The lowest BCUT2D eigenvalue weighted by Gasteiger charge is -1.99. The van der Waals surface area contributed by atoms with Crippen LogP contribution in [-0.4, -0.2) is 17.4 Å². The number of thiazole rings is 1. The Balaban J connectivity index is 1.90. The number of carbonyl (C=O) groups is 1. The molecule has 0 fully saturated rings. The van der Waals surface area contributed by atoms with E-state index in [1.807, 2.05) is 0 Å². The summed E-state index contributed by atoms with van der Waals surface area (Å²) >= 11 is 1.61. The maximum Gasteiger partial charge on any atom is 0.226 e. The summed E-state index contributed by atoms with van der Waals surface area (Å²) in [6.45, 7) is 0.557. The van der Waals surface area contributed by atoms with Crippen molar-refractivity contribution in [1.82, 2.24) is 4.98 Å². The lowest BCUT2D eigenvalue weighted by molar-refractivity contribution is -0.116. The highest BCUT2D eigenvalue weighted by atomic mass is 32.1. The van der Waals surface area contributed by atoms with Gasteiger partial charge in [-0.2, -0.15) is 0 Å². The number of hydrogen-bond donors (Lipinski definition) is 2. The molecule has 0 bridgehead atoms. The Kier molecular flexibility index (Phi) is 3.33. The largest absolute Gasteiger partial charge is 0.330 e. The number of hydrogen-bond acceptors (Lipinski definition) is 4. The first-order valence-corrected chi connectivity index (χ1v) is 6.09. The van der Waals surface area contributed by atoms with Crippen LogP contribution in [0.25, 0.3) is 0 Å². The molecule has 15 heavy (non-hydrogen) atoms. The second-order valence-electron chi connectivity index (χ2n) is 3.68. The number of aromatic nitrogens is 1. The van der Waals surface area contributed by atoms with Crippen molar-refractivity contribution in [2.75, 3.05) is 11.9 Å². The van der Waals surface area contributed by atoms with Crippen LogP contribution < -0.4 is 11.1 Å². The zero-order valence-corrected chi connectivity index (χ0v) is 9.40. The predicted octanol–water partition coefficient (Wildman–Crippen LogP) is 1.31. The van der Waals surface area contributed by atoms with Gasteiger partial charge in [0.2, 0.25) is 5.91 Å². The lowest BCUT2D eigenvalue weighted by atomic mass is 10.3. The van der Waals surface area contributed by atoms with Crippen LogP contribution in [0.5, 0.6) is 0 Å². The van der Waals surface area contributed by atoms with Crippen LogP contribution in [0.2, 0.25) is 0 Å². The minimum atomic E-state index is 0.0212. The predicted molar refractivity (Wildman–Crippen MR) is 61.1 cm³/mol. The van der Waals surface area contributed by atoms with Crippen molar-refractivity contribution in [3.63, 3.8) is 0 Å². The zero-order valence-electron chi connectivity index (χ0n) is 8.58. The molecule has 1 aliphatic carbocycles. The monoisotopic (exact) mass is 225 g/mol. The second kappa shape index (κ2) is 4.72. The standard InChI is InChI=1S/C10H15N3OS/c11-6-2-5-9(14)13-10-12-7-3-1-4-8(7)15-10/h1-6,11H2,(H,12,13,14). The Morgan fingerprint density at radius 2 is 2.40 bits per heavy atom. The topological polar surface area (TPSA) is 68.0 Å². The molecule has 1 heterocycles. The van der Waals surface area contributed by atoms with Gasteiger partial charge in [0.15, 0.2) is 5.13 Å². The Morgan fingerprint density at radius 3 is 3.13 bits per heavy atom. The molecule has 3 N–H and O–H groups in total. The van der Waals surface area contributed by atoms with Crippen LogP contribution in [0.4, 0.5) is 5.13 Å². The number of fused-ring (bicyclic) bond motifs is 1. The van der Waals surface area contributed by atoms with Gasteiger partial charge in [-0.25, -0.2) is 4.98 Å². The van der Waals surface area contributed by atoms with Crippen LogP contribution in [0, 0.1) is 0 Å². The maximum atomic E-state index is 11.4. The minimum absolute atomic E-state index is 0.0212. The van der Waals surface area contributed by atoms with E-state index in [0.29, 0.717) is 13.0 Å². The van der Waals surface area contributed by atoms with Crippen molar-refractivity contribution < 1.29 is 4.79 Å². The van der Waals surface area contributed by atoms with Crippen molar-refractivity contribution >= 4 is 22.4 Å². The highest BCUT2D eigenvalue weighted by molar-refractivity contribution is 7.15. The molecule has 0 saturated carbocycles. The van der Waals surface area contributed by atoms with Gasteiger partial charge in [-0.15, -0.1) is 11.3 Å².